The molecule has 3 aromatic rings. The van der Waals surface area contributed by atoms with Crippen molar-refractivity contribution in [2.45, 2.75) is 31.8 Å². The number of fused-ring (bicyclic) bond motifs is 1. The lowest BCUT2D eigenvalue weighted by molar-refractivity contribution is -0.143. The number of carboxylic acid groups (broad SMARTS) is 1. The van der Waals surface area contributed by atoms with E-state index in [9.17, 15) is 14.4 Å². The highest BCUT2D eigenvalue weighted by atomic mass is 35.5. The number of halogens is 1. The molecule has 1 aliphatic carbocycles. The van der Waals surface area contributed by atoms with Crippen molar-refractivity contribution in [3.63, 3.8) is 0 Å². The molecule has 2 aromatic carbocycles. The molecule has 0 aliphatic heterocycles. The molecule has 0 atom stereocenters. The van der Waals surface area contributed by atoms with Crippen LogP contribution in [0.4, 0.5) is 0 Å². The zero-order valence-corrected chi connectivity index (χ0v) is 19.2. The van der Waals surface area contributed by atoms with Gasteiger partial charge in [0.05, 0.1) is 17.0 Å². The molecule has 4 rings (SSSR count). The van der Waals surface area contributed by atoms with E-state index in [1.807, 2.05) is 24.3 Å². The van der Waals surface area contributed by atoms with Gasteiger partial charge < -0.3 is 25.5 Å². The van der Waals surface area contributed by atoms with Gasteiger partial charge in [-0.2, -0.15) is 0 Å². The maximum atomic E-state index is 12.4. The van der Waals surface area contributed by atoms with Gasteiger partial charge in [0.15, 0.2) is 0 Å². The van der Waals surface area contributed by atoms with E-state index < -0.39 is 5.97 Å². The van der Waals surface area contributed by atoms with Gasteiger partial charge in [0.1, 0.15) is 11.4 Å². The van der Waals surface area contributed by atoms with Crippen molar-refractivity contribution in [2.75, 3.05) is 13.1 Å². The molecule has 4 N–H and O–H groups in total. The first-order valence-corrected chi connectivity index (χ1v) is 11.6. The number of aliphatic carboxylic acids is 1. The highest BCUT2D eigenvalue weighted by molar-refractivity contribution is 6.38. The molecule has 1 heterocycles. The first kappa shape index (κ1) is 23.6. The molecule has 0 unspecified atom stereocenters. The van der Waals surface area contributed by atoms with Crippen LogP contribution in [0.5, 0.6) is 5.75 Å². The summed E-state index contributed by atoms with van der Waals surface area (Å²) in [4.78, 5) is 38.9. The van der Waals surface area contributed by atoms with Crippen molar-refractivity contribution in [1.82, 2.24) is 15.6 Å². The normalized spacial score (nSPS) is 17.8. The summed E-state index contributed by atoms with van der Waals surface area (Å²) in [6.45, 7) is 0.504. The fraction of sp³-hybridized carbons (Fsp3) is 0.320. The molecule has 0 saturated heterocycles. The molecule has 1 saturated carbocycles. The van der Waals surface area contributed by atoms with Crippen molar-refractivity contribution in [3.05, 3.63) is 64.8 Å². The molecule has 178 valence electrons. The second-order valence-electron chi connectivity index (χ2n) is 8.33. The number of carbonyl (C=O) groups is 3. The second kappa shape index (κ2) is 10.6. The minimum Gasteiger partial charge on any atom is -0.490 e. The summed E-state index contributed by atoms with van der Waals surface area (Å²) in [5.74, 6) is -0.969. The quantitative estimate of drug-likeness (QED) is 0.361. The third kappa shape index (κ3) is 5.51. The molecule has 1 fully saturated rings. The number of rotatable bonds is 8. The van der Waals surface area contributed by atoms with E-state index in [1.54, 1.807) is 24.3 Å². The van der Waals surface area contributed by atoms with Gasteiger partial charge in [-0.1, -0.05) is 29.8 Å². The van der Waals surface area contributed by atoms with Gasteiger partial charge in [-0.05, 0) is 56.0 Å². The summed E-state index contributed by atoms with van der Waals surface area (Å²) in [5, 5.41) is 15.8. The number of H-pyrrole nitrogens is 1. The Hall–Kier alpha value is -3.52. The first-order chi connectivity index (χ1) is 16.4. The van der Waals surface area contributed by atoms with Gasteiger partial charge in [0.2, 0.25) is 0 Å². The summed E-state index contributed by atoms with van der Waals surface area (Å²) in [6, 6.07) is 14.2. The van der Waals surface area contributed by atoms with Crippen molar-refractivity contribution >= 4 is 40.3 Å². The third-order valence-electron chi connectivity index (χ3n) is 6.01. The fourth-order valence-corrected chi connectivity index (χ4v) is 4.41. The number of ether oxygens (including phenoxy) is 1. The number of aromatic nitrogens is 1. The molecule has 0 spiro atoms. The Labute approximate surface area is 201 Å². The molecular formula is C25H26ClN3O5. The maximum Gasteiger partial charge on any atom is 0.306 e. The minimum atomic E-state index is -0.741. The van der Waals surface area contributed by atoms with Crippen molar-refractivity contribution in [2.24, 2.45) is 5.92 Å². The van der Waals surface area contributed by atoms with Gasteiger partial charge in [-0.3, -0.25) is 14.4 Å². The zero-order valence-electron chi connectivity index (χ0n) is 18.5. The molecule has 9 heteroatoms. The molecule has 1 aliphatic rings. The highest BCUT2D eigenvalue weighted by Gasteiger charge is 2.27. The Balaban J connectivity index is 1.21. The summed E-state index contributed by atoms with van der Waals surface area (Å²) in [7, 11) is 0. The number of carbonyl (C=O) groups excluding carboxylic acids is 2. The second-order valence-corrected chi connectivity index (χ2v) is 8.70. The fourth-order valence-electron chi connectivity index (χ4n) is 4.11. The number of para-hydroxylation sites is 1. The van der Waals surface area contributed by atoms with Crippen LogP contribution in [0.15, 0.2) is 48.5 Å². The number of nitrogens with one attached hydrogen (secondary N) is 3. The summed E-state index contributed by atoms with van der Waals surface area (Å²) in [5.41, 5.74) is 1.56. The smallest absolute Gasteiger partial charge is 0.306 e. The standard InChI is InChI=1S/C25H26ClN3O5/c26-21-19-3-1-2-4-20(19)29-22(21)24(31)28-14-13-27-23(30)15-5-9-17(10-6-15)34-18-11-7-16(8-12-18)25(32)33/h1-6,9-10,16,18,29H,7-8,11-14H2,(H,27,30)(H,28,31)(H,32,33)/t16-,18+. The summed E-state index contributed by atoms with van der Waals surface area (Å²) < 4.78 is 5.93. The van der Waals surface area contributed by atoms with E-state index in [0.29, 0.717) is 47.7 Å². The van der Waals surface area contributed by atoms with Crippen LogP contribution < -0.4 is 15.4 Å². The number of amides is 2. The van der Waals surface area contributed by atoms with Crippen LogP contribution in [0.25, 0.3) is 10.9 Å². The Morgan fingerprint density at radius 3 is 2.24 bits per heavy atom. The van der Waals surface area contributed by atoms with Gasteiger partial charge in [0, 0.05) is 29.6 Å². The van der Waals surface area contributed by atoms with Gasteiger partial charge in [0.25, 0.3) is 11.8 Å². The van der Waals surface area contributed by atoms with Crippen LogP contribution in [-0.2, 0) is 4.79 Å². The van der Waals surface area contributed by atoms with Crippen LogP contribution in [0.3, 0.4) is 0 Å². The van der Waals surface area contributed by atoms with Crippen molar-refractivity contribution in [3.8, 4) is 5.75 Å². The van der Waals surface area contributed by atoms with E-state index >= 15 is 0 Å². The number of hydrogen-bond donors (Lipinski definition) is 4. The third-order valence-corrected chi connectivity index (χ3v) is 6.40. The Morgan fingerprint density at radius 2 is 1.59 bits per heavy atom. The van der Waals surface area contributed by atoms with Crippen LogP contribution in [-0.4, -0.2) is 47.1 Å². The molecule has 1 aromatic heterocycles. The molecule has 2 amide bonds. The van der Waals surface area contributed by atoms with E-state index in [1.165, 1.54) is 0 Å². The van der Waals surface area contributed by atoms with Gasteiger partial charge in [-0.25, -0.2) is 0 Å². The molecule has 34 heavy (non-hydrogen) atoms. The highest BCUT2D eigenvalue weighted by Crippen LogP contribution is 2.28. The van der Waals surface area contributed by atoms with Crippen LogP contribution in [0, 0.1) is 5.92 Å². The Kier molecular flexibility index (Phi) is 7.37. The Bertz CT molecular complexity index is 1180. The lowest BCUT2D eigenvalue weighted by atomic mass is 9.87. The average molecular weight is 484 g/mol. The maximum absolute atomic E-state index is 12.4. The van der Waals surface area contributed by atoms with Crippen molar-refractivity contribution in [1.29, 1.82) is 0 Å². The predicted octanol–water partition coefficient (Wildman–Crippen LogP) is 4.00. The minimum absolute atomic E-state index is 0.00958. The van der Waals surface area contributed by atoms with Crippen LogP contribution in [0.1, 0.15) is 46.5 Å². The van der Waals surface area contributed by atoms with E-state index in [4.69, 9.17) is 21.4 Å². The topological polar surface area (TPSA) is 121 Å². The lowest BCUT2D eigenvalue weighted by Gasteiger charge is -2.26. The van der Waals surface area contributed by atoms with E-state index in [0.717, 1.165) is 10.9 Å². The van der Waals surface area contributed by atoms with Gasteiger partial charge >= 0.3 is 5.97 Å². The molecule has 0 radical (unpaired) electrons. The summed E-state index contributed by atoms with van der Waals surface area (Å²) in [6.07, 6.45) is 2.63. The van der Waals surface area contributed by atoms with E-state index in [-0.39, 0.29) is 36.9 Å². The number of hydrogen-bond acceptors (Lipinski definition) is 4. The number of benzene rings is 2. The number of aromatic amines is 1. The molecule has 8 nitrogen and oxygen atoms in total. The van der Waals surface area contributed by atoms with Crippen molar-refractivity contribution < 1.29 is 24.2 Å². The molecular weight excluding hydrogens is 458 g/mol. The number of carboxylic acids is 1. The largest absolute Gasteiger partial charge is 0.490 e. The Morgan fingerprint density at radius 1 is 0.941 bits per heavy atom. The zero-order chi connectivity index (χ0) is 24.1. The van der Waals surface area contributed by atoms with Gasteiger partial charge in [-0.15, -0.1) is 0 Å². The van der Waals surface area contributed by atoms with Crippen LogP contribution >= 0.6 is 11.6 Å². The lowest BCUT2D eigenvalue weighted by Crippen LogP contribution is -2.34. The molecule has 0 bridgehead atoms. The van der Waals surface area contributed by atoms with E-state index in [2.05, 4.69) is 15.6 Å². The van der Waals surface area contributed by atoms with Crippen LogP contribution in [0.2, 0.25) is 5.02 Å². The average Bonchev–Trinajstić information content (AvgIpc) is 3.19. The predicted molar refractivity (Wildman–Crippen MR) is 128 cm³/mol. The summed E-state index contributed by atoms with van der Waals surface area (Å²) >= 11 is 6.29. The first-order valence-electron chi connectivity index (χ1n) is 11.2. The monoisotopic (exact) mass is 483 g/mol. The SMILES string of the molecule is O=C(NCCNC(=O)c1[nH]c2ccccc2c1Cl)c1ccc(O[C@H]2CC[C@@H](C(=O)O)CC2)cc1.